The van der Waals surface area contributed by atoms with Gasteiger partial charge in [-0.15, -0.1) is 0 Å². The highest BCUT2D eigenvalue weighted by Gasteiger charge is 2.25. The number of piperazine rings is 1. The van der Waals surface area contributed by atoms with Gasteiger partial charge in [0, 0.05) is 51.4 Å². The van der Waals surface area contributed by atoms with Crippen LogP contribution in [0.1, 0.15) is 35.4 Å². The van der Waals surface area contributed by atoms with Gasteiger partial charge in [-0.25, -0.2) is 0 Å². The quantitative estimate of drug-likeness (QED) is 0.799. The van der Waals surface area contributed by atoms with Gasteiger partial charge in [0.25, 0.3) is 5.91 Å². The largest absolute Gasteiger partial charge is 0.459 e. The molecule has 0 radical (unpaired) electrons. The van der Waals surface area contributed by atoms with Gasteiger partial charge in [0.05, 0.1) is 6.26 Å². The molecule has 1 aromatic carbocycles. The Morgan fingerprint density at radius 1 is 0.857 bits per heavy atom. The molecule has 2 aromatic rings. The molecule has 0 unspecified atom stereocenters. The maximum atomic E-state index is 12.5. The van der Waals surface area contributed by atoms with E-state index in [0.717, 1.165) is 19.5 Å². The fourth-order valence-corrected chi connectivity index (χ4v) is 3.97. The van der Waals surface area contributed by atoms with Gasteiger partial charge >= 0.3 is 0 Å². The summed E-state index contributed by atoms with van der Waals surface area (Å²) in [6.07, 6.45) is 5.32. The summed E-state index contributed by atoms with van der Waals surface area (Å²) in [6, 6.07) is 12.0. The zero-order valence-electron chi connectivity index (χ0n) is 16.2. The third kappa shape index (κ3) is 4.21. The summed E-state index contributed by atoms with van der Waals surface area (Å²) in [4.78, 5) is 30.9. The number of carbonyl (C=O) groups is 2. The maximum absolute atomic E-state index is 12.5. The van der Waals surface area contributed by atoms with Crippen molar-refractivity contribution in [2.45, 2.75) is 25.7 Å². The Morgan fingerprint density at radius 2 is 1.54 bits per heavy atom. The van der Waals surface area contributed by atoms with Crippen LogP contribution in [-0.4, -0.2) is 60.9 Å². The van der Waals surface area contributed by atoms with Crippen molar-refractivity contribution in [3.8, 4) is 0 Å². The Kier molecular flexibility index (Phi) is 5.65. The van der Waals surface area contributed by atoms with Crippen LogP contribution in [0.25, 0.3) is 0 Å². The number of anilines is 1. The summed E-state index contributed by atoms with van der Waals surface area (Å²) >= 11 is 0. The third-order valence-electron chi connectivity index (χ3n) is 5.69. The molecule has 4 rings (SSSR count). The average Bonchev–Trinajstić information content (AvgIpc) is 3.46. The predicted molar refractivity (Wildman–Crippen MR) is 107 cm³/mol. The Morgan fingerprint density at radius 3 is 2.18 bits per heavy atom. The van der Waals surface area contributed by atoms with Crippen molar-refractivity contribution < 1.29 is 14.0 Å². The second kappa shape index (κ2) is 8.50. The molecule has 148 valence electrons. The molecule has 2 fully saturated rings. The van der Waals surface area contributed by atoms with E-state index in [2.05, 4.69) is 29.2 Å². The Labute approximate surface area is 165 Å². The van der Waals surface area contributed by atoms with Crippen molar-refractivity contribution in [1.82, 2.24) is 9.80 Å². The fourth-order valence-electron chi connectivity index (χ4n) is 3.97. The molecule has 3 heterocycles. The Bertz CT molecular complexity index is 787. The van der Waals surface area contributed by atoms with E-state index < -0.39 is 0 Å². The van der Waals surface area contributed by atoms with Crippen LogP contribution in [0.2, 0.25) is 0 Å². The van der Waals surface area contributed by atoms with Crippen LogP contribution in [-0.2, 0) is 11.2 Å². The summed E-state index contributed by atoms with van der Waals surface area (Å²) in [7, 11) is 0. The first-order chi connectivity index (χ1) is 13.7. The summed E-state index contributed by atoms with van der Waals surface area (Å²) < 4.78 is 5.18. The molecule has 0 spiro atoms. The number of rotatable bonds is 5. The first-order valence-corrected chi connectivity index (χ1v) is 10.2. The monoisotopic (exact) mass is 381 g/mol. The maximum Gasteiger partial charge on any atom is 0.289 e. The number of aryl methyl sites for hydroxylation is 1. The molecule has 2 saturated heterocycles. The van der Waals surface area contributed by atoms with Crippen LogP contribution >= 0.6 is 0 Å². The number of benzene rings is 1. The van der Waals surface area contributed by atoms with E-state index in [1.54, 1.807) is 17.0 Å². The lowest BCUT2D eigenvalue weighted by molar-refractivity contribution is -0.132. The fraction of sp³-hybridized carbons (Fsp3) is 0.455. The van der Waals surface area contributed by atoms with Crippen molar-refractivity contribution >= 4 is 17.5 Å². The molecule has 0 saturated carbocycles. The number of hydrogen-bond acceptors (Lipinski definition) is 4. The van der Waals surface area contributed by atoms with Crippen LogP contribution in [0.5, 0.6) is 0 Å². The van der Waals surface area contributed by atoms with E-state index in [1.165, 1.54) is 30.4 Å². The summed E-state index contributed by atoms with van der Waals surface area (Å²) in [5.41, 5.74) is 2.48. The number of hydrogen-bond donors (Lipinski definition) is 0. The van der Waals surface area contributed by atoms with Gasteiger partial charge in [0.1, 0.15) is 0 Å². The zero-order chi connectivity index (χ0) is 19.3. The van der Waals surface area contributed by atoms with Crippen molar-refractivity contribution in [3.05, 3.63) is 54.0 Å². The van der Waals surface area contributed by atoms with Crippen LogP contribution in [0.15, 0.2) is 47.1 Å². The van der Waals surface area contributed by atoms with Gasteiger partial charge < -0.3 is 19.1 Å². The average molecular weight is 381 g/mol. The predicted octanol–water partition coefficient (Wildman–Crippen LogP) is 2.80. The van der Waals surface area contributed by atoms with E-state index in [9.17, 15) is 9.59 Å². The minimum atomic E-state index is -0.102. The highest BCUT2D eigenvalue weighted by atomic mass is 16.3. The summed E-state index contributed by atoms with van der Waals surface area (Å²) in [5, 5.41) is 0. The van der Waals surface area contributed by atoms with Crippen LogP contribution in [0, 0.1) is 0 Å². The minimum Gasteiger partial charge on any atom is -0.459 e. The number of carbonyl (C=O) groups excluding carboxylic acids is 2. The molecule has 6 nitrogen and oxygen atoms in total. The molecule has 2 amide bonds. The van der Waals surface area contributed by atoms with Crippen molar-refractivity contribution in [2.75, 3.05) is 44.2 Å². The number of amides is 2. The van der Waals surface area contributed by atoms with Gasteiger partial charge in [-0.2, -0.15) is 0 Å². The van der Waals surface area contributed by atoms with Crippen LogP contribution in [0.3, 0.4) is 0 Å². The van der Waals surface area contributed by atoms with Gasteiger partial charge in [0.2, 0.25) is 5.91 Å². The lowest BCUT2D eigenvalue weighted by Gasteiger charge is -2.34. The third-order valence-corrected chi connectivity index (χ3v) is 5.69. The normalized spacial score (nSPS) is 17.2. The van der Waals surface area contributed by atoms with Crippen molar-refractivity contribution in [3.63, 3.8) is 0 Å². The van der Waals surface area contributed by atoms with E-state index >= 15 is 0 Å². The molecule has 0 N–H and O–H groups in total. The number of nitrogens with zero attached hydrogens (tertiary/aromatic N) is 3. The SMILES string of the molecule is O=C(CCc1ccc(N2CCCC2)cc1)N1CCN(C(=O)c2ccco2)CC1. The molecule has 1 aromatic heterocycles. The van der Waals surface area contributed by atoms with Gasteiger partial charge in [-0.1, -0.05) is 12.1 Å². The minimum absolute atomic E-state index is 0.102. The molecule has 0 bridgehead atoms. The molecular formula is C22H27N3O3. The first kappa shape index (κ1) is 18.6. The van der Waals surface area contributed by atoms with E-state index in [1.807, 2.05) is 4.90 Å². The van der Waals surface area contributed by atoms with Crippen molar-refractivity contribution in [1.29, 1.82) is 0 Å². The summed E-state index contributed by atoms with van der Waals surface area (Å²) in [6.45, 7) is 4.56. The Balaban J connectivity index is 1.23. The standard InChI is InChI=1S/C22H27N3O3/c26-21(10-7-18-5-8-19(9-6-18)23-11-1-2-12-23)24-13-15-25(16-14-24)22(27)20-4-3-17-28-20/h3-6,8-9,17H,1-2,7,10-16H2. The highest BCUT2D eigenvalue weighted by molar-refractivity contribution is 5.91. The number of furan rings is 1. The molecular weight excluding hydrogens is 354 g/mol. The van der Waals surface area contributed by atoms with Crippen LogP contribution in [0.4, 0.5) is 5.69 Å². The first-order valence-electron chi connectivity index (χ1n) is 10.2. The summed E-state index contributed by atoms with van der Waals surface area (Å²) in [5.74, 6) is 0.418. The van der Waals surface area contributed by atoms with Gasteiger partial charge in [-0.3, -0.25) is 9.59 Å². The second-order valence-electron chi connectivity index (χ2n) is 7.51. The van der Waals surface area contributed by atoms with E-state index in [4.69, 9.17) is 4.42 Å². The van der Waals surface area contributed by atoms with Gasteiger partial charge in [-0.05, 0) is 49.1 Å². The van der Waals surface area contributed by atoms with E-state index in [-0.39, 0.29) is 11.8 Å². The lowest BCUT2D eigenvalue weighted by atomic mass is 10.1. The highest BCUT2D eigenvalue weighted by Crippen LogP contribution is 2.21. The molecule has 0 aliphatic carbocycles. The topological polar surface area (TPSA) is 57.0 Å². The van der Waals surface area contributed by atoms with Crippen molar-refractivity contribution in [2.24, 2.45) is 0 Å². The van der Waals surface area contributed by atoms with Gasteiger partial charge in [0.15, 0.2) is 5.76 Å². The lowest BCUT2D eigenvalue weighted by Crippen LogP contribution is -2.50. The molecule has 0 atom stereocenters. The molecule has 2 aliphatic heterocycles. The second-order valence-corrected chi connectivity index (χ2v) is 7.51. The zero-order valence-corrected chi connectivity index (χ0v) is 16.2. The molecule has 6 heteroatoms. The smallest absolute Gasteiger partial charge is 0.289 e. The molecule has 28 heavy (non-hydrogen) atoms. The van der Waals surface area contributed by atoms with E-state index in [0.29, 0.717) is 38.4 Å². The molecule has 2 aliphatic rings. The Hall–Kier alpha value is -2.76. The van der Waals surface area contributed by atoms with Crippen LogP contribution < -0.4 is 4.90 Å².